The predicted octanol–water partition coefficient (Wildman–Crippen LogP) is 7.35. The van der Waals surface area contributed by atoms with Crippen molar-refractivity contribution in [2.24, 2.45) is 0 Å². The Hall–Kier alpha value is -0.470. The van der Waals surface area contributed by atoms with Crippen LogP contribution in [0.5, 0.6) is 0 Å². The standard InChI is InChI=1S/C24H42S.H2O/c1-2-3-4-5-6-7-8-9-10-11-12-13-14-18-22-25-23-21-24-19-16-15-17-20-24;/h15-17,19-20H,2-14,18,21-23H2,1H3;1H2. The quantitative estimate of drug-likeness (QED) is 0.149. The van der Waals surface area contributed by atoms with Crippen molar-refractivity contribution in [1.82, 2.24) is 0 Å². The van der Waals surface area contributed by atoms with Crippen molar-refractivity contribution in [3.8, 4) is 0 Å². The van der Waals surface area contributed by atoms with Gasteiger partial charge in [-0.05, 0) is 30.2 Å². The molecule has 0 aliphatic heterocycles. The monoisotopic (exact) mass is 380 g/mol. The van der Waals surface area contributed by atoms with Gasteiger partial charge in [-0.15, -0.1) is 0 Å². The van der Waals surface area contributed by atoms with Crippen molar-refractivity contribution >= 4 is 11.8 Å². The van der Waals surface area contributed by atoms with Gasteiger partial charge in [-0.1, -0.05) is 114 Å². The molecule has 0 aliphatic rings. The van der Waals surface area contributed by atoms with Crippen LogP contribution in [-0.2, 0) is 18.2 Å². The highest BCUT2D eigenvalue weighted by Gasteiger charge is 2.00. The fourth-order valence-electron chi connectivity index (χ4n) is 3.38. The molecular formula is C24H44OS. The van der Waals surface area contributed by atoms with E-state index in [1.807, 2.05) is 0 Å². The zero-order chi connectivity index (χ0) is 17.8. The summed E-state index contributed by atoms with van der Waals surface area (Å²) in [4.78, 5) is 0. The Morgan fingerprint density at radius 3 is 1.54 bits per heavy atom. The first-order valence-corrected chi connectivity index (χ1v) is 12.4. The van der Waals surface area contributed by atoms with Gasteiger partial charge >= 0.3 is 0 Å². The Kier molecular flexibility index (Phi) is 20.5. The van der Waals surface area contributed by atoms with E-state index >= 15 is 0 Å². The molecule has 1 nitrogen and oxygen atoms in total. The van der Waals surface area contributed by atoms with Crippen molar-refractivity contribution in [3.63, 3.8) is 0 Å². The molecule has 0 fully saturated rings. The van der Waals surface area contributed by atoms with E-state index in [2.05, 4.69) is 37.3 Å². The largest absolute Gasteiger partial charge is 0.870 e. The Balaban J connectivity index is 0.00000625. The van der Waals surface area contributed by atoms with Crippen molar-refractivity contribution in [2.75, 3.05) is 11.5 Å². The van der Waals surface area contributed by atoms with Crippen LogP contribution in [0, 0.1) is 0 Å². The van der Waals surface area contributed by atoms with Crippen molar-refractivity contribution in [2.45, 2.75) is 103 Å². The molecule has 0 heterocycles. The van der Waals surface area contributed by atoms with Gasteiger partial charge in [0.2, 0.25) is 0 Å². The molecule has 0 bridgehead atoms. The lowest BCUT2D eigenvalue weighted by atomic mass is 10.0. The van der Waals surface area contributed by atoms with E-state index in [1.54, 1.807) is 11.8 Å². The summed E-state index contributed by atoms with van der Waals surface area (Å²) in [6.45, 7) is 2.30. The number of unbranched alkanes of at least 4 members (excludes halogenated alkanes) is 13. The molecule has 0 radical (unpaired) electrons. The Morgan fingerprint density at radius 1 is 0.577 bits per heavy atom. The second-order valence-electron chi connectivity index (χ2n) is 7.50. The first kappa shape index (κ1) is 25.5. The molecule has 0 aromatic heterocycles. The summed E-state index contributed by atoms with van der Waals surface area (Å²) in [7, 11) is 0. The zero-order valence-electron chi connectivity index (χ0n) is 17.3. The fourth-order valence-corrected chi connectivity index (χ4v) is 4.47. The van der Waals surface area contributed by atoms with E-state index in [0.29, 0.717) is 0 Å². The number of hydrogen-bond acceptors (Lipinski definition) is 1. The summed E-state index contributed by atoms with van der Waals surface area (Å²) < 4.78 is 0. The van der Waals surface area contributed by atoms with Gasteiger partial charge in [0.25, 0.3) is 0 Å². The van der Waals surface area contributed by atoms with Gasteiger partial charge in [0.15, 0.2) is 0 Å². The highest BCUT2D eigenvalue weighted by molar-refractivity contribution is 7.78. The predicted molar refractivity (Wildman–Crippen MR) is 121 cm³/mol. The van der Waals surface area contributed by atoms with Gasteiger partial charge in [-0.3, -0.25) is 0 Å². The van der Waals surface area contributed by atoms with E-state index in [1.165, 1.54) is 113 Å². The molecule has 152 valence electrons. The molecule has 0 amide bonds. The number of benzene rings is 1. The molecule has 2 heteroatoms. The summed E-state index contributed by atoms with van der Waals surface area (Å²) in [6, 6.07) is 10.9. The maximum Gasteiger partial charge on any atom is 0.109 e. The fraction of sp³-hybridized carbons (Fsp3) is 0.750. The van der Waals surface area contributed by atoms with Gasteiger partial charge in [0, 0.05) is 6.42 Å². The van der Waals surface area contributed by atoms with E-state index in [0.717, 1.165) is 0 Å². The molecule has 0 saturated carbocycles. The summed E-state index contributed by atoms with van der Waals surface area (Å²) in [5.41, 5.74) is 1.50. The minimum atomic E-state index is 0. The second-order valence-corrected chi connectivity index (χ2v) is 8.84. The van der Waals surface area contributed by atoms with Crippen LogP contribution in [0.15, 0.2) is 30.3 Å². The lowest BCUT2D eigenvalue weighted by Crippen LogP contribution is -1.99. The van der Waals surface area contributed by atoms with Gasteiger partial charge in [-0.2, -0.15) is 0 Å². The third-order valence-corrected chi connectivity index (χ3v) is 6.24. The number of aryl methyl sites for hydroxylation is 1. The topological polar surface area (TPSA) is 30.0 Å². The summed E-state index contributed by atoms with van der Waals surface area (Å²) in [5, 5.41) is 0. The highest BCUT2D eigenvalue weighted by atomic mass is 32.2. The molecule has 1 rings (SSSR count). The zero-order valence-corrected chi connectivity index (χ0v) is 18.2. The molecule has 1 aromatic rings. The van der Waals surface area contributed by atoms with Crippen molar-refractivity contribution in [3.05, 3.63) is 35.9 Å². The van der Waals surface area contributed by atoms with E-state index in [4.69, 9.17) is 0 Å². The van der Waals surface area contributed by atoms with E-state index < -0.39 is 0 Å². The van der Waals surface area contributed by atoms with Gasteiger partial charge in [0.05, 0.1) is 0 Å². The van der Waals surface area contributed by atoms with Crippen molar-refractivity contribution < 1.29 is 5.48 Å². The van der Waals surface area contributed by atoms with Crippen LogP contribution >= 0.6 is 0 Å². The molecule has 0 aliphatic carbocycles. The minimum absolute atomic E-state index is 0. The highest BCUT2D eigenvalue weighted by Crippen LogP contribution is 2.13. The molecule has 26 heavy (non-hydrogen) atoms. The third-order valence-electron chi connectivity index (χ3n) is 5.07. The van der Waals surface area contributed by atoms with Crippen LogP contribution in [0.1, 0.15) is 102 Å². The number of thiol groups is 1. The summed E-state index contributed by atoms with van der Waals surface area (Å²) in [5.74, 6) is 2.74. The van der Waals surface area contributed by atoms with Gasteiger partial charge in [-0.25, -0.2) is 0 Å². The number of hydrogen-bond donors (Lipinski definition) is 0. The van der Waals surface area contributed by atoms with E-state index in [-0.39, 0.29) is 5.48 Å². The smallest absolute Gasteiger partial charge is 0.109 e. The Labute approximate surface area is 168 Å². The average Bonchev–Trinajstić information content (AvgIpc) is 2.65. The first-order chi connectivity index (χ1) is 12.4. The summed E-state index contributed by atoms with van der Waals surface area (Å²) in [6.07, 6.45) is 21.7. The molecular weight excluding hydrogens is 336 g/mol. The van der Waals surface area contributed by atoms with Crippen LogP contribution in [0.25, 0.3) is 0 Å². The average molecular weight is 381 g/mol. The number of rotatable bonds is 18. The Morgan fingerprint density at radius 2 is 1.04 bits per heavy atom. The lowest BCUT2D eigenvalue weighted by Gasteiger charge is -2.02. The van der Waals surface area contributed by atoms with Crippen LogP contribution in [0.3, 0.4) is 0 Å². The lowest BCUT2D eigenvalue weighted by molar-refractivity contribution is 0.538. The van der Waals surface area contributed by atoms with Gasteiger partial charge < -0.3 is 5.48 Å². The van der Waals surface area contributed by atoms with Gasteiger partial charge in [0.1, 0.15) is 11.5 Å². The molecule has 1 aromatic carbocycles. The maximum absolute atomic E-state index is 2.30. The molecule has 0 saturated heterocycles. The first-order valence-electron chi connectivity index (χ1n) is 11.1. The second kappa shape index (κ2) is 20.8. The summed E-state index contributed by atoms with van der Waals surface area (Å²) >= 11 is 1.65. The maximum atomic E-state index is 2.30. The van der Waals surface area contributed by atoms with Crippen molar-refractivity contribution in [1.29, 1.82) is 0 Å². The SMILES string of the molecule is CCCCCCCCCCCCCCCC[SH+]CCc1ccccc1.[OH-]. The van der Waals surface area contributed by atoms with Crippen LogP contribution in [0.4, 0.5) is 0 Å². The van der Waals surface area contributed by atoms with Crippen LogP contribution in [-0.4, -0.2) is 17.0 Å². The van der Waals surface area contributed by atoms with Crippen LogP contribution in [0.2, 0.25) is 0 Å². The third kappa shape index (κ3) is 17.0. The van der Waals surface area contributed by atoms with E-state index in [9.17, 15) is 0 Å². The molecule has 1 N–H and O–H groups in total. The van der Waals surface area contributed by atoms with Crippen LogP contribution < -0.4 is 0 Å². The molecule has 0 atom stereocenters. The molecule has 0 unspecified atom stereocenters. The normalized spacial score (nSPS) is 10.7. The molecule has 0 spiro atoms. The Bertz CT molecular complexity index is 366. The minimum Gasteiger partial charge on any atom is -0.870 e.